The summed E-state index contributed by atoms with van der Waals surface area (Å²) in [5, 5.41) is 7.03. The van der Waals surface area contributed by atoms with Crippen molar-refractivity contribution in [1.82, 2.24) is 19.4 Å². The van der Waals surface area contributed by atoms with Gasteiger partial charge in [0.05, 0.1) is 10.6 Å². The lowest BCUT2D eigenvalue weighted by Crippen LogP contribution is -2.50. The van der Waals surface area contributed by atoms with Gasteiger partial charge in [-0.3, -0.25) is 9.89 Å². The van der Waals surface area contributed by atoms with Crippen molar-refractivity contribution in [3.8, 4) is 22.8 Å². The van der Waals surface area contributed by atoms with Gasteiger partial charge in [-0.1, -0.05) is 30.3 Å². The third-order valence-electron chi connectivity index (χ3n) is 5.56. The van der Waals surface area contributed by atoms with Crippen LogP contribution in [-0.2, 0) is 10.0 Å². The van der Waals surface area contributed by atoms with Crippen LogP contribution in [0.2, 0.25) is 0 Å². The van der Waals surface area contributed by atoms with Gasteiger partial charge in [0.25, 0.3) is 5.91 Å². The van der Waals surface area contributed by atoms with Crippen LogP contribution in [0.5, 0.6) is 11.5 Å². The minimum absolute atomic E-state index is 0.155. The number of fused-ring (bicyclic) bond motifs is 1. The number of amides is 1. The smallest absolute Gasteiger partial charge is 0.271 e. The van der Waals surface area contributed by atoms with Crippen LogP contribution in [0.1, 0.15) is 10.5 Å². The molecular weight excluding hydrogens is 432 g/mol. The van der Waals surface area contributed by atoms with Gasteiger partial charge < -0.3 is 14.4 Å². The van der Waals surface area contributed by atoms with E-state index >= 15 is 0 Å². The maximum Gasteiger partial charge on any atom is 0.271 e. The highest BCUT2D eigenvalue weighted by molar-refractivity contribution is 7.89. The second-order valence-corrected chi connectivity index (χ2v) is 9.47. The molecule has 1 amide bonds. The topological polar surface area (TPSA) is 105 Å². The second-order valence-electron chi connectivity index (χ2n) is 7.53. The molecule has 1 saturated heterocycles. The molecule has 5 rings (SSSR count). The molecule has 10 heteroatoms. The summed E-state index contributed by atoms with van der Waals surface area (Å²) in [4.78, 5) is 14.7. The molecule has 166 valence electrons. The predicted molar refractivity (Wildman–Crippen MR) is 116 cm³/mol. The summed E-state index contributed by atoms with van der Waals surface area (Å²) in [6.07, 6.45) is 0. The number of nitrogens with one attached hydrogen (secondary N) is 1. The summed E-state index contributed by atoms with van der Waals surface area (Å²) >= 11 is 0. The Bertz CT molecular complexity index is 1230. The maximum absolute atomic E-state index is 13.1. The molecule has 9 nitrogen and oxygen atoms in total. The van der Waals surface area contributed by atoms with E-state index in [0.717, 1.165) is 5.56 Å². The first-order valence-corrected chi connectivity index (χ1v) is 11.8. The number of rotatable bonds is 4. The number of sulfonamides is 1. The Morgan fingerprint density at radius 3 is 2.38 bits per heavy atom. The third kappa shape index (κ3) is 3.82. The number of hydrogen-bond acceptors (Lipinski definition) is 6. The summed E-state index contributed by atoms with van der Waals surface area (Å²) in [5.74, 6) is 0.774. The van der Waals surface area contributed by atoms with Crippen LogP contribution in [0.4, 0.5) is 0 Å². The molecule has 1 aromatic heterocycles. The Kier molecular flexibility index (Phi) is 5.32. The van der Waals surface area contributed by atoms with Crippen LogP contribution < -0.4 is 9.47 Å². The Balaban J connectivity index is 1.26. The molecule has 0 spiro atoms. The fraction of sp³-hybridized carbons (Fsp3) is 0.273. The summed E-state index contributed by atoms with van der Waals surface area (Å²) < 4.78 is 38.5. The van der Waals surface area contributed by atoms with E-state index in [-0.39, 0.29) is 23.9 Å². The number of aromatic nitrogens is 2. The van der Waals surface area contributed by atoms with Gasteiger partial charge in [-0.25, -0.2) is 8.42 Å². The minimum atomic E-state index is -3.70. The highest BCUT2D eigenvalue weighted by atomic mass is 32.2. The summed E-state index contributed by atoms with van der Waals surface area (Å²) in [6.45, 7) is 1.84. The molecule has 2 aliphatic heterocycles. The molecule has 0 bridgehead atoms. The molecule has 32 heavy (non-hydrogen) atoms. The fourth-order valence-electron chi connectivity index (χ4n) is 3.82. The summed E-state index contributed by atoms with van der Waals surface area (Å²) in [5.41, 5.74) is 1.99. The number of nitrogens with zero attached hydrogens (tertiary/aromatic N) is 3. The Morgan fingerprint density at radius 1 is 0.906 bits per heavy atom. The van der Waals surface area contributed by atoms with Crippen molar-refractivity contribution in [1.29, 1.82) is 0 Å². The Hall–Kier alpha value is -3.37. The van der Waals surface area contributed by atoms with Crippen LogP contribution in [0, 0.1) is 0 Å². The molecule has 2 aliphatic rings. The SMILES string of the molecule is O=C(c1cc(-c2ccccc2)n[nH]1)N1CCN(S(=O)(=O)c2ccc3c(c2)OCCO3)CC1. The normalized spacial score (nSPS) is 16.7. The van der Waals surface area contributed by atoms with Gasteiger partial charge in [0.1, 0.15) is 18.9 Å². The van der Waals surface area contributed by atoms with E-state index in [0.29, 0.717) is 49.2 Å². The van der Waals surface area contributed by atoms with Gasteiger partial charge in [0.2, 0.25) is 10.0 Å². The lowest BCUT2D eigenvalue weighted by Gasteiger charge is -2.33. The van der Waals surface area contributed by atoms with Gasteiger partial charge in [0.15, 0.2) is 11.5 Å². The second kappa shape index (κ2) is 8.29. The van der Waals surface area contributed by atoms with Crippen LogP contribution >= 0.6 is 0 Å². The van der Waals surface area contributed by atoms with Gasteiger partial charge in [-0.05, 0) is 18.2 Å². The number of ether oxygens (including phenoxy) is 2. The number of piperazine rings is 1. The van der Waals surface area contributed by atoms with Crippen LogP contribution in [0.3, 0.4) is 0 Å². The highest BCUT2D eigenvalue weighted by Gasteiger charge is 2.32. The van der Waals surface area contributed by atoms with E-state index < -0.39 is 10.0 Å². The molecule has 0 unspecified atom stereocenters. The van der Waals surface area contributed by atoms with Crippen molar-refractivity contribution in [2.24, 2.45) is 0 Å². The number of benzene rings is 2. The first-order valence-electron chi connectivity index (χ1n) is 10.3. The van der Waals surface area contributed by atoms with E-state index in [1.54, 1.807) is 17.0 Å². The lowest BCUT2D eigenvalue weighted by molar-refractivity contribution is 0.0692. The first kappa shape index (κ1) is 20.5. The van der Waals surface area contributed by atoms with E-state index in [2.05, 4.69) is 10.2 Å². The molecule has 0 radical (unpaired) electrons. The summed E-state index contributed by atoms with van der Waals surface area (Å²) in [7, 11) is -3.70. The molecule has 0 saturated carbocycles. The van der Waals surface area contributed by atoms with Crippen molar-refractivity contribution in [3.63, 3.8) is 0 Å². The van der Waals surface area contributed by atoms with Crippen LogP contribution in [-0.4, -0.2) is 73.1 Å². The van der Waals surface area contributed by atoms with E-state index in [9.17, 15) is 13.2 Å². The molecular formula is C22H22N4O5S. The average molecular weight is 455 g/mol. The Morgan fingerprint density at radius 2 is 1.62 bits per heavy atom. The number of aromatic amines is 1. The average Bonchev–Trinajstić information content (AvgIpc) is 3.34. The molecule has 1 N–H and O–H groups in total. The zero-order valence-electron chi connectivity index (χ0n) is 17.2. The number of hydrogen-bond donors (Lipinski definition) is 1. The third-order valence-corrected chi connectivity index (χ3v) is 7.45. The van der Waals surface area contributed by atoms with E-state index in [1.807, 2.05) is 30.3 Å². The van der Waals surface area contributed by atoms with Crippen molar-refractivity contribution in [3.05, 3.63) is 60.3 Å². The van der Waals surface area contributed by atoms with Crippen molar-refractivity contribution >= 4 is 15.9 Å². The van der Waals surface area contributed by atoms with Gasteiger partial charge in [0, 0.05) is 37.8 Å². The molecule has 3 aromatic rings. The molecule has 2 aromatic carbocycles. The quantitative estimate of drug-likeness (QED) is 0.647. The minimum Gasteiger partial charge on any atom is -0.486 e. The maximum atomic E-state index is 13.1. The zero-order valence-corrected chi connectivity index (χ0v) is 18.0. The molecule has 3 heterocycles. The Labute approximate surface area is 185 Å². The van der Waals surface area contributed by atoms with Crippen molar-refractivity contribution in [2.45, 2.75) is 4.90 Å². The van der Waals surface area contributed by atoms with Crippen LogP contribution in [0.25, 0.3) is 11.3 Å². The number of carbonyl (C=O) groups is 1. The zero-order chi connectivity index (χ0) is 22.1. The van der Waals surface area contributed by atoms with E-state index in [1.165, 1.54) is 16.4 Å². The standard InChI is InChI=1S/C22H22N4O5S/c27-22(19-15-18(23-24-19)16-4-2-1-3-5-16)25-8-10-26(11-9-25)32(28,29)17-6-7-20-21(14-17)31-13-12-30-20/h1-7,14-15H,8-13H2,(H,23,24). The van der Waals surface area contributed by atoms with Gasteiger partial charge >= 0.3 is 0 Å². The molecule has 1 fully saturated rings. The fourth-order valence-corrected chi connectivity index (χ4v) is 5.26. The van der Waals surface area contributed by atoms with Crippen molar-refractivity contribution in [2.75, 3.05) is 39.4 Å². The first-order chi connectivity index (χ1) is 15.5. The number of H-pyrrole nitrogens is 1. The van der Waals surface area contributed by atoms with E-state index in [4.69, 9.17) is 9.47 Å². The number of carbonyl (C=O) groups excluding carboxylic acids is 1. The van der Waals surface area contributed by atoms with Gasteiger partial charge in [-0.15, -0.1) is 0 Å². The molecule has 0 aliphatic carbocycles. The summed E-state index contributed by atoms with van der Waals surface area (Å²) in [6, 6.07) is 15.9. The molecule has 0 atom stereocenters. The lowest BCUT2D eigenvalue weighted by atomic mass is 10.1. The predicted octanol–water partition coefficient (Wildman–Crippen LogP) is 1.99. The monoisotopic (exact) mass is 454 g/mol. The highest BCUT2D eigenvalue weighted by Crippen LogP contribution is 2.33. The van der Waals surface area contributed by atoms with Crippen LogP contribution in [0.15, 0.2) is 59.5 Å². The largest absolute Gasteiger partial charge is 0.486 e. The van der Waals surface area contributed by atoms with Gasteiger partial charge in [-0.2, -0.15) is 9.40 Å². The van der Waals surface area contributed by atoms with Crippen molar-refractivity contribution < 1.29 is 22.7 Å².